The van der Waals surface area contributed by atoms with Crippen molar-refractivity contribution in [2.24, 2.45) is 0 Å². The molecule has 1 saturated heterocycles. The third kappa shape index (κ3) is 5.31. The summed E-state index contributed by atoms with van der Waals surface area (Å²) in [5, 5.41) is 6.33. The lowest BCUT2D eigenvalue weighted by molar-refractivity contribution is -0.118. The zero-order valence-corrected chi connectivity index (χ0v) is 12.3. The molecule has 0 atom stereocenters. The second-order valence-electron chi connectivity index (χ2n) is 5.47. The Labute approximate surface area is 121 Å². The van der Waals surface area contributed by atoms with Gasteiger partial charge in [-0.25, -0.2) is 0 Å². The first-order valence-corrected chi connectivity index (χ1v) is 7.48. The fourth-order valence-corrected chi connectivity index (χ4v) is 2.65. The third-order valence-electron chi connectivity index (χ3n) is 3.77. The van der Waals surface area contributed by atoms with Crippen LogP contribution in [0.25, 0.3) is 0 Å². The van der Waals surface area contributed by atoms with Gasteiger partial charge in [-0.05, 0) is 31.5 Å². The summed E-state index contributed by atoms with van der Waals surface area (Å²) in [5.41, 5.74) is 1.39. The van der Waals surface area contributed by atoms with Crippen LogP contribution in [-0.2, 0) is 11.3 Å². The Balaban J connectivity index is 1.61. The summed E-state index contributed by atoms with van der Waals surface area (Å²) >= 11 is 0. The average molecular weight is 275 g/mol. The number of rotatable bonds is 6. The minimum absolute atomic E-state index is 0.0458. The van der Waals surface area contributed by atoms with Gasteiger partial charge < -0.3 is 10.6 Å². The Morgan fingerprint density at radius 2 is 1.90 bits per heavy atom. The van der Waals surface area contributed by atoms with E-state index >= 15 is 0 Å². The molecular weight excluding hydrogens is 250 g/mol. The topological polar surface area (TPSA) is 44.4 Å². The van der Waals surface area contributed by atoms with E-state index in [0.717, 1.165) is 32.7 Å². The van der Waals surface area contributed by atoms with Crippen LogP contribution in [0.3, 0.4) is 0 Å². The fourth-order valence-electron chi connectivity index (χ4n) is 2.65. The highest BCUT2D eigenvalue weighted by Crippen LogP contribution is 2.13. The van der Waals surface area contributed by atoms with Crippen molar-refractivity contribution in [3.05, 3.63) is 35.9 Å². The molecule has 1 aromatic carbocycles. The van der Waals surface area contributed by atoms with E-state index in [0.29, 0.717) is 6.04 Å². The summed E-state index contributed by atoms with van der Waals surface area (Å²) in [5.74, 6) is 0.0458. The fraction of sp³-hybridized carbons (Fsp3) is 0.562. The van der Waals surface area contributed by atoms with Gasteiger partial charge in [-0.3, -0.25) is 9.69 Å². The highest BCUT2D eigenvalue weighted by Gasteiger charge is 2.18. The van der Waals surface area contributed by atoms with Crippen LogP contribution in [0, 0.1) is 0 Å². The summed E-state index contributed by atoms with van der Waals surface area (Å²) in [6.07, 6.45) is 2.37. The van der Waals surface area contributed by atoms with Crippen LogP contribution in [-0.4, -0.2) is 43.0 Å². The number of hydrogen-bond acceptors (Lipinski definition) is 3. The maximum atomic E-state index is 10.8. The van der Waals surface area contributed by atoms with Crippen molar-refractivity contribution in [2.45, 2.75) is 32.4 Å². The standard InChI is InChI=1S/C16H25N3O/c1-14(20)17-9-10-18-16-7-11-19(12-8-16)13-15-5-3-2-4-6-15/h2-6,16,18H,7-13H2,1H3,(H,17,20). The molecule has 0 aliphatic carbocycles. The summed E-state index contributed by atoms with van der Waals surface area (Å²) in [7, 11) is 0. The molecule has 110 valence electrons. The molecule has 2 N–H and O–H groups in total. The first-order valence-electron chi connectivity index (χ1n) is 7.48. The van der Waals surface area contributed by atoms with Gasteiger partial charge in [-0.2, -0.15) is 0 Å². The lowest BCUT2D eigenvalue weighted by Crippen LogP contribution is -2.44. The zero-order valence-electron chi connectivity index (χ0n) is 12.3. The molecule has 0 bridgehead atoms. The van der Waals surface area contributed by atoms with E-state index in [-0.39, 0.29) is 5.91 Å². The van der Waals surface area contributed by atoms with E-state index in [1.165, 1.54) is 18.4 Å². The van der Waals surface area contributed by atoms with E-state index in [1.807, 2.05) is 0 Å². The molecule has 20 heavy (non-hydrogen) atoms. The molecule has 0 radical (unpaired) electrons. The molecule has 1 heterocycles. The molecule has 0 saturated carbocycles. The van der Waals surface area contributed by atoms with Crippen molar-refractivity contribution in [2.75, 3.05) is 26.2 Å². The SMILES string of the molecule is CC(=O)NCCNC1CCN(Cc2ccccc2)CC1. The van der Waals surface area contributed by atoms with Gasteiger partial charge in [0.2, 0.25) is 5.91 Å². The Hall–Kier alpha value is -1.39. The van der Waals surface area contributed by atoms with Crippen molar-refractivity contribution in [3.8, 4) is 0 Å². The van der Waals surface area contributed by atoms with Gasteiger partial charge in [-0.1, -0.05) is 30.3 Å². The van der Waals surface area contributed by atoms with Gasteiger partial charge in [0.05, 0.1) is 0 Å². The van der Waals surface area contributed by atoms with Crippen LogP contribution in [0.1, 0.15) is 25.3 Å². The quantitative estimate of drug-likeness (QED) is 0.771. The number of carbonyl (C=O) groups excluding carboxylic acids is 1. The van der Waals surface area contributed by atoms with Crippen molar-refractivity contribution in [1.29, 1.82) is 0 Å². The zero-order chi connectivity index (χ0) is 14.2. The monoisotopic (exact) mass is 275 g/mol. The van der Waals surface area contributed by atoms with E-state index in [4.69, 9.17) is 0 Å². The molecule has 2 rings (SSSR count). The number of nitrogens with one attached hydrogen (secondary N) is 2. The number of benzene rings is 1. The Morgan fingerprint density at radius 1 is 1.20 bits per heavy atom. The summed E-state index contributed by atoms with van der Waals surface area (Å²) in [6, 6.07) is 11.2. The second kappa shape index (κ2) is 8.02. The molecule has 0 spiro atoms. The summed E-state index contributed by atoms with van der Waals surface area (Å²) in [4.78, 5) is 13.3. The van der Waals surface area contributed by atoms with Crippen LogP contribution < -0.4 is 10.6 Å². The van der Waals surface area contributed by atoms with Crippen molar-refractivity contribution >= 4 is 5.91 Å². The van der Waals surface area contributed by atoms with E-state index < -0.39 is 0 Å². The molecule has 1 amide bonds. The maximum absolute atomic E-state index is 10.8. The molecule has 0 aromatic heterocycles. The van der Waals surface area contributed by atoms with E-state index in [2.05, 4.69) is 45.9 Å². The first kappa shape index (κ1) is 15.0. The van der Waals surface area contributed by atoms with Gasteiger partial charge in [0.1, 0.15) is 0 Å². The average Bonchev–Trinajstić information content (AvgIpc) is 2.46. The van der Waals surface area contributed by atoms with Gasteiger partial charge in [0.15, 0.2) is 0 Å². The van der Waals surface area contributed by atoms with Gasteiger partial charge in [0, 0.05) is 32.6 Å². The second-order valence-corrected chi connectivity index (χ2v) is 5.47. The molecule has 1 aliphatic rings. The van der Waals surface area contributed by atoms with Crippen LogP contribution in [0.2, 0.25) is 0 Å². The number of likely N-dealkylation sites (tertiary alicyclic amines) is 1. The molecule has 0 unspecified atom stereocenters. The third-order valence-corrected chi connectivity index (χ3v) is 3.77. The van der Waals surface area contributed by atoms with Crippen LogP contribution in [0.4, 0.5) is 0 Å². The Morgan fingerprint density at radius 3 is 2.55 bits per heavy atom. The predicted molar refractivity (Wildman–Crippen MR) is 81.4 cm³/mol. The van der Waals surface area contributed by atoms with Crippen molar-refractivity contribution in [1.82, 2.24) is 15.5 Å². The Bertz CT molecular complexity index is 399. The van der Waals surface area contributed by atoms with E-state index in [9.17, 15) is 4.79 Å². The van der Waals surface area contributed by atoms with Gasteiger partial charge >= 0.3 is 0 Å². The number of carbonyl (C=O) groups is 1. The van der Waals surface area contributed by atoms with Crippen molar-refractivity contribution < 1.29 is 4.79 Å². The normalized spacial score (nSPS) is 17.1. The highest BCUT2D eigenvalue weighted by atomic mass is 16.1. The van der Waals surface area contributed by atoms with Crippen molar-refractivity contribution in [3.63, 3.8) is 0 Å². The lowest BCUT2D eigenvalue weighted by atomic mass is 10.0. The van der Waals surface area contributed by atoms with Gasteiger partial charge in [-0.15, -0.1) is 0 Å². The van der Waals surface area contributed by atoms with Crippen LogP contribution >= 0.6 is 0 Å². The molecular formula is C16H25N3O. The summed E-state index contributed by atoms with van der Waals surface area (Å²) in [6.45, 7) is 6.49. The largest absolute Gasteiger partial charge is 0.355 e. The van der Waals surface area contributed by atoms with E-state index in [1.54, 1.807) is 6.92 Å². The highest BCUT2D eigenvalue weighted by molar-refractivity contribution is 5.72. The molecule has 4 nitrogen and oxygen atoms in total. The first-order chi connectivity index (χ1) is 9.74. The summed E-state index contributed by atoms with van der Waals surface area (Å²) < 4.78 is 0. The predicted octanol–water partition coefficient (Wildman–Crippen LogP) is 1.38. The molecule has 4 heteroatoms. The lowest BCUT2D eigenvalue weighted by Gasteiger charge is -2.32. The molecule has 1 aliphatic heterocycles. The number of nitrogens with zero attached hydrogens (tertiary/aromatic N) is 1. The van der Waals surface area contributed by atoms with Crippen LogP contribution in [0.5, 0.6) is 0 Å². The molecule has 1 fully saturated rings. The number of piperidine rings is 1. The van der Waals surface area contributed by atoms with Gasteiger partial charge in [0.25, 0.3) is 0 Å². The number of amides is 1. The smallest absolute Gasteiger partial charge is 0.216 e. The molecule has 1 aromatic rings. The minimum Gasteiger partial charge on any atom is -0.355 e. The number of hydrogen-bond donors (Lipinski definition) is 2. The Kier molecular flexibility index (Phi) is 6.02. The minimum atomic E-state index is 0.0458. The maximum Gasteiger partial charge on any atom is 0.216 e. The van der Waals surface area contributed by atoms with Crippen LogP contribution in [0.15, 0.2) is 30.3 Å².